The van der Waals surface area contributed by atoms with Gasteiger partial charge < -0.3 is 0 Å². The first-order chi connectivity index (χ1) is 28.3. The predicted molar refractivity (Wildman–Crippen MR) is 223 cm³/mol. The first-order valence-corrected chi connectivity index (χ1v) is 21.6. The van der Waals surface area contributed by atoms with Crippen molar-refractivity contribution in [1.82, 2.24) is 18.6 Å². The van der Waals surface area contributed by atoms with Crippen molar-refractivity contribution in [1.29, 1.82) is 0 Å². The summed E-state index contributed by atoms with van der Waals surface area (Å²) in [7, 11) is -9.06. The Kier molecular flexibility index (Phi) is 9.72. The maximum Gasteiger partial charge on any atom is 0.266 e. The minimum atomic E-state index is -4.53. The smallest absolute Gasteiger partial charge is 0.255 e. The summed E-state index contributed by atoms with van der Waals surface area (Å²) < 4.78 is 64.0. The van der Waals surface area contributed by atoms with E-state index in [4.69, 9.17) is 9.98 Å². The highest BCUT2D eigenvalue weighted by molar-refractivity contribution is 7.90. The van der Waals surface area contributed by atoms with Gasteiger partial charge in [0, 0.05) is 12.4 Å². The molecule has 0 aliphatic carbocycles. The first-order valence-electron chi connectivity index (χ1n) is 18.7. The van der Waals surface area contributed by atoms with E-state index in [1.165, 1.54) is 32.9 Å². The number of rotatable bonds is 10. The monoisotopic (exact) mass is 800 g/mol. The van der Waals surface area contributed by atoms with Gasteiger partial charge in [-0.1, -0.05) is 140 Å². The summed E-state index contributed by atoms with van der Waals surface area (Å²) in [6.45, 7) is 0. The number of aliphatic imine (C=N–C) groups is 2. The van der Waals surface area contributed by atoms with Crippen molar-refractivity contribution in [3.05, 3.63) is 228 Å². The van der Waals surface area contributed by atoms with Crippen LogP contribution < -0.4 is 0 Å². The van der Waals surface area contributed by atoms with Crippen molar-refractivity contribution in [2.24, 2.45) is 9.98 Å². The van der Waals surface area contributed by atoms with Crippen LogP contribution in [0.3, 0.4) is 0 Å². The second-order valence-corrected chi connectivity index (χ2v) is 17.5. The summed E-state index contributed by atoms with van der Waals surface area (Å²) in [6.07, 6.45) is 3.18. The van der Waals surface area contributed by atoms with Crippen LogP contribution in [-0.4, -0.2) is 47.1 Å². The van der Waals surface area contributed by atoms with Gasteiger partial charge >= 0.3 is 0 Å². The maximum atomic E-state index is 15.4. The molecule has 0 spiro atoms. The number of hydrogen-bond acceptors (Lipinski definition) is 8. The van der Waals surface area contributed by atoms with Crippen LogP contribution in [0.1, 0.15) is 57.8 Å². The van der Waals surface area contributed by atoms with Crippen molar-refractivity contribution in [3.8, 4) is 0 Å². The largest absolute Gasteiger partial charge is 0.266 e. The molecule has 2 aromatic heterocycles. The van der Waals surface area contributed by atoms with Crippen LogP contribution >= 0.6 is 0 Å². The van der Waals surface area contributed by atoms with E-state index >= 15 is 16.8 Å². The van der Waals surface area contributed by atoms with Crippen molar-refractivity contribution >= 4 is 31.7 Å². The predicted octanol–water partition coefficient (Wildman–Crippen LogP) is 8.34. The van der Waals surface area contributed by atoms with Gasteiger partial charge in [-0.3, -0.25) is 20.0 Å². The molecule has 4 heterocycles. The van der Waals surface area contributed by atoms with E-state index in [0.29, 0.717) is 22.5 Å². The van der Waals surface area contributed by atoms with Gasteiger partial charge in [-0.05, 0) is 64.7 Å². The molecule has 12 heteroatoms. The van der Waals surface area contributed by atoms with Crippen LogP contribution in [0.25, 0.3) is 0 Å². The summed E-state index contributed by atoms with van der Waals surface area (Å²) in [4.78, 5) is 18.8. The van der Waals surface area contributed by atoms with Crippen molar-refractivity contribution in [3.63, 3.8) is 0 Å². The summed E-state index contributed by atoms with van der Waals surface area (Å²) in [5.41, 5.74) is 3.78. The van der Waals surface area contributed by atoms with Crippen LogP contribution in [-0.2, 0) is 20.0 Å². The van der Waals surface area contributed by atoms with Gasteiger partial charge in [-0.15, -0.1) is 0 Å². The van der Waals surface area contributed by atoms with Gasteiger partial charge in [0.15, 0.2) is 11.7 Å². The molecular weight excluding hydrogens is 765 g/mol. The van der Waals surface area contributed by atoms with Gasteiger partial charge in [0.05, 0.1) is 21.9 Å². The fourth-order valence-electron chi connectivity index (χ4n) is 7.69. The van der Waals surface area contributed by atoms with Crippen molar-refractivity contribution < 1.29 is 16.8 Å². The number of hydrogen-bond donors (Lipinski definition) is 0. The molecule has 0 unspecified atom stereocenters. The van der Waals surface area contributed by atoms with Crippen LogP contribution in [0.2, 0.25) is 0 Å². The molecule has 0 saturated heterocycles. The summed E-state index contributed by atoms with van der Waals surface area (Å²) >= 11 is 0. The van der Waals surface area contributed by atoms with E-state index in [0.717, 1.165) is 11.1 Å². The normalized spacial score (nSPS) is 19.4. The second-order valence-electron chi connectivity index (χ2n) is 13.8. The SMILES string of the molecule is O=S(=O)(c1cccc(S(=O)(=O)N2C(c3ccccn3)=N[C@H](c3ccccc3)[C@H]2c2ccccc2)c1)N1C(c2ccccn2)=N[C@H](c2ccccc2)[C@H]1c1ccccc1. The molecule has 4 atom stereocenters. The molecule has 7 aromatic rings. The lowest BCUT2D eigenvalue weighted by Gasteiger charge is -2.31. The number of amidine groups is 2. The average Bonchev–Trinajstić information content (AvgIpc) is 3.90. The molecule has 58 heavy (non-hydrogen) atoms. The fourth-order valence-corrected chi connectivity index (χ4v) is 11.1. The highest BCUT2D eigenvalue weighted by Crippen LogP contribution is 2.48. The zero-order chi connectivity index (χ0) is 39.7. The third-order valence-corrected chi connectivity index (χ3v) is 13.9. The number of pyridine rings is 2. The molecule has 5 aromatic carbocycles. The summed E-state index contributed by atoms with van der Waals surface area (Å²) in [6, 6.07) is 50.8. The molecule has 0 fully saturated rings. The molecule has 2 aliphatic rings. The Labute approximate surface area is 337 Å². The Hall–Kier alpha value is -6.76. The van der Waals surface area contributed by atoms with Gasteiger partial charge in [-0.2, -0.15) is 0 Å². The fraction of sp³-hybridized carbons (Fsp3) is 0.0870. The summed E-state index contributed by atoms with van der Waals surface area (Å²) in [5, 5.41) is 0. The molecule has 10 nitrogen and oxygen atoms in total. The number of aromatic nitrogens is 2. The van der Waals surface area contributed by atoms with Gasteiger partial charge in [0.2, 0.25) is 0 Å². The molecule has 286 valence electrons. The molecule has 2 aliphatic heterocycles. The van der Waals surface area contributed by atoms with E-state index in [1.807, 2.05) is 121 Å². The third-order valence-electron chi connectivity index (χ3n) is 10.3. The molecule has 0 saturated carbocycles. The van der Waals surface area contributed by atoms with E-state index in [-0.39, 0.29) is 21.5 Å². The Balaban J connectivity index is 1.20. The molecule has 0 N–H and O–H groups in total. The molecule has 9 rings (SSSR count). The van der Waals surface area contributed by atoms with Crippen LogP contribution in [0, 0.1) is 0 Å². The Morgan fingerprint density at radius 2 is 0.724 bits per heavy atom. The lowest BCUT2D eigenvalue weighted by molar-refractivity contribution is 0.418. The van der Waals surface area contributed by atoms with Crippen LogP contribution in [0.5, 0.6) is 0 Å². The van der Waals surface area contributed by atoms with Crippen molar-refractivity contribution in [2.75, 3.05) is 0 Å². The van der Waals surface area contributed by atoms with Crippen LogP contribution in [0.4, 0.5) is 0 Å². The molecular formula is C46H36N6O4S2. The Morgan fingerprint density at radius 1 is 0.379 bits per heavy atom. The highest BCUT2D eigenvalue weighted by Gasteiger charge is 2.48. The van der Waals surface area contributed by atoms with E-state index in [1.54, 1.807) is 48.8 Å². The third kappa shape index (κ3) is 6.65. The molecule has 0 radical (unpaired) electrons. The lowest BCUT2D eigenvalue weighted by Crippen LogP contribution is -2.39. The van der Waals surface area contributed by atoms with E-state index in [2.05, 4.69) is 9.97 Å². The zero-order valence-corrected chi connectivity index (χ0v) is 32.6. The van der Waals surface area contributed by atoms with Crippen LogP contribution in [0.15, 0.2) is 214 Å². The van der Waals surface area contributed by atoms with Gasteiger partial charge in [-0.25, -0.2) is 25.4 Å². The Morgan fingerprint density at radius 3 is 1.07 bits per heavy atom. The minimum absolute atomic E-state index is 0.149. The average molecular weight is 801 g/mol. The van der Waals surface area contributed by atoms with Gasteiger partial charge in [0.1, 0.15) is 23.5 Å². The maximum absolute atomic E-state index is 15.4. The van der Waals surface area contributed by atoms with E-state index in [9.17, 15) is 0 Å². The topological polar surface area (TPSA) is 125 Å². The van der Waals surface area contributed by atoms with Gasteiger partial charge in [0.25, 0.3) is 20.0 Å². The Bertz CT molecular complexity index is 2640. The quantitative estimate of drug-likeness (QED) is 0.137. The summed E-state index contributed by atoms with van der Waals surface area (Å²) in [5.74, 6) is 0.297. The number of benzene rings is 5. The molecule has 0 bridgehead atoms. The lowest BCUT2D eigenvalue weighted by atomic mass is 9.95. The second kappa shape index (κ2) is 15.3. The first kappa shape index (κ1) is 36.9. The highest BCUT2D eigenvalue weighted by atomic mass is 32.2. The number of sulfonamides is 2. The number of nitrogens with zero attached hydrogens (tertiary/aromatic N) is 6. The van der Waals surface area contributed by atoms with Crippen molar-refractivity contribution in [2.45, 2.75) is 34.0 Å². The zero-order valence-electron chi connectivity index (χ0n) is 30.9. The molecule has 0 amide bonds. The van der Waals surface area contributed by atoms with E-state index < -0.39 is 44.2 Å². The minimum Gasteiger partial charge on any atom is -0.255 e. The standard InChI is InChI=1S/C46H36N6O4S2/c53-57(54,51-43(35-22-9-3-10-23-35)41(33-18-5-1-6-19-33)49-45(51)39-28-13-15-30-47-39)37-26-17-27-38(32-37)58(55,56)52-44(36-24-11-4-12-25-36)42(34-20-7-2-8-21-34)50-46(52)40-29-14-16-31-48-40/h1-32,41-44H/t41-,42-,43-,44-/m1/s1.